The fraction of sp³-hybridized carbons (Fsp3) is 0.200. The van der Waals surface area contributed by atoms with Gasteiger partial charge in [-0.05, 0) is 35.9 Å². The summed E-state index contributed by atoms with van der Waals surface area (Å²) < 4.78 is 12.4. The largest absolute Gasteiger partial charge is 0.454 e. The fourth-order valence-corrected chi connectivity index (χ4v) is 3.44. The van der Waals surface area contributed by atoms with E-state index in [1.54, 1.807) is 22.7 Å². The van der Waals surface area contributed by atoms with E-state index in [0.717, 1.165) is 10.9 Å². The summed E-state index contributed by atoms with van der Waals surface area (Å²) in [4.78, 5) is 21.3. The molecule has 10 heteroatoms. The normalized spacial score (nSPS) is 12.6. The van der Waals surface area contributed by atoms with E-state index in [9.17, 15) is 4.79 Å². The summed E-state index contributed by atoms with van der Waals surface area (Å²) in [6.45, 7) is 0.258. The molecule has 0 bridgehead atoms. The number of nitrogens with one attached hydrogen (secondary N) is 1. The summed E-state index contributed by atoms with van der Waals surface area (Å²) in [5, 5.41) is 16.6. The highest BCUT2D eigenvalue weighted by molar-refractivity contribution is 6.00. The smallest absolute Gasteiger partial charge is 0.251 e. The first-order valence-electron chi connectivity index (χ1n) is 9.35. The van der Waals surface area contributed by atoms with Crippen LogP contribution in [0.1, 0.15) is 21.7 Å². The Morgan fingerprint density at radius 1 is 1.17 bits per heavy atom. The molecule has 0 aliphatic carbocycles. The third-order valence-electron chi connectivity index (χ3n) is 4.81. The molecule has 0 atom stereocenters. The van der Waals surface area contributed by atoms with E-state index in [0.29, 0.717) is 40.5 Å². The molecule has 152 valence electrons. The molecule has 4 aromatic rings. The van der Waals surface area contributed by atoms with Gasteiger partial charge in [-0.15, -0.1) is 5.10 Å². The maximum Gasteiger partial charge on any atom is 0.251 e. The lowest BCUT2D eigenvalue weighted by molar-refractivity contribution is 0.0945. The maximum absolute atomic E-state index is 12.3. The first-order valence-corrected chi connectivity index (χ1v) is 9.35. The number of rotatable bonds is 5. The topological polar surface area (TPSA) is 137 Å². The minimum absolute atomic E-state index is 0.128. The SMILES string of the molecule is Nc1nc2c3ccc(C(=O)NCCO)cc3nc(Cc3ccc4c(c3)OCO4)n2n1. The molecular weight excluding hydrogens is 388 g/mol. The Kier molecular flexibility index (Phi) is 4.32. The molecule has 0 spiro atoms. The number of carbonyl (C=O) groups is 1. The number of nitrogens with two attached hydrogens (primary N) is 1. The molecule has 4 N–H and O–H groups in total. The lowest BCUT2D eigenvalue weighted by Crippen LogP contribution is -2.26. The highest BCUT2D eigenvalue weighted by Gasteiger charge is 2.17. The van der Waals surface area contributed by atoms with E-state index in [4.69, 9.17) is 25.3 Å². The Bertz CT molecular complexity index is 1290. The number of aromatic nitrogens is 4. The molecule has 5 rings (SSSR count). The number of aliphatic hydroxyl groups excluding tert-OH is 1. The second-order valence-electron chi connectivity index (χ2n) is 6.81. The molecule has 3 heterocycles. The van der Waals surface area contributed by atoms with E-state index in [1.807, 2.05) is 18.2 Å². The zero-order chi connectivity index (χ0) is 20.7. The number of carbonyl (C=O) groups excluding carboxylic acids is 1. The molecule has 1 amide bonds. The summed E-state index contributed by atoms with van der Waals surface area (Å²) >= 11 is 0. The molecule has 2 aromatic carbocycles. The van der Waals surface area contributed by atoms with Gasteiger partial charge in [0.2, 0.25) is 12.7 Å². The van der Waals surface area contributed by atoms with E-state index in [2.05, 4.69) is 15.4 Å². The maximum atomic E-state index is 12.3. The third kappa shape index (κ3) is 3.12. The Balaban J connectivity index is 1.59. The van der Waals surface area contributed by atoms with Gasteiger partial charge in [-0.2, -0.15) is 9.50 Å². The molecule has 1 aliphatic heterocycles. The van der Waals surface area contributed by atoms with Gasteiger partial charge in [-0.3, -0.25) is 4.79 Å². The van der Waals surface area contributed by atoms with Crippen molar-refractivity contribution >= 4 is 28.4 Å². The van der Waals surface area contributed by atoms with Crippen LogP contribution >= 0.6 is 0 Å². The van der Waals surface area contributed by atoms with Crippen molar-refractivity contribution in [3.8, 4) is 11.5 Å². The molecule has 0 fully saturated rings. The number of hydrogen-bond acceptors (Lipinski definition) is 8. The van der Waals surface area contributed by atoms with Crippen LogP contribution in [0, 0.1) is 0 Å². The number of nitrogens with zero attached hydrogens (tertiary/aromatic N) is 4. The zero-order valence-electron chi connectivity index (χ0n) is 15.8. The van der Waals surface area contributed by atoms with Crippen molar-refractivity contribution in [3.05, 3.63) is 53.3 Å². The minimum atomic E-state index is -0.286. The molecule has 30 heavy (non-hydrogen) atoms. The predicted octanol–water partition coefficient (Wildman–Crippen LogP) is 0.901. The van der Waals surface area contributed by atoms with Gasteiger partial charge in [0.15, 0.2) is 17.1 Å². The van der Waals surface area contributed by atoms with Crippen LogP contribution in [-0.4, -0.2) is 50.5 Å². The first-order chi connectivity index (χ1) is 14.6. The van der Waals surface area contributed by atoms with Crippen LogP contribution < -0.4 is 20.5 Å². The number of anilines is 1. The van der Waals surface area contributed by atoms with Crippen LogP contribution in [0.4, 0.5) is 5.95 Å². The Morgan fingerprint density at radius 3 is 2.90 bits per heavy atom. The van der Waals surface area contributed by atoms with Crippen LogP contribution in [0.2, 0.25) is 0 Å². The fourth-order valence-electron chi connectivity index (χ4n) is 3.44. The van der Waals surface area contributed by atoms with Gasteiger partial charge < -0.3 is 25.6 Å². The van der Waals surface area contributed by atoms with Crippen molar-refractivity contribution in [2.75, 3.05) is 25.7 Å². The Morgan fingerprint density at radius 2 is 2.03 bits per heavy atom. The first kappa shape index (κ1) is 18.1. The van der Waals surface area contributed by atoms with Gasteiger partial charge >= 0.3 is 0 Å². The van der Waals surface area contributed by atoms with E-state index in [1.165, 1.54) is 0 Å². The van der Waals surface area contributed by atoms with Crippen LogP contribution in [0.15, 0.2) is 36.4 Å². The Labute approximate surface area is 170 Å². The van der Waals surface area contributed by atoms with Crippen LogP contribution in [-0.2, 0) is 6.42 Å². The second kappa shape index (κ2) is 7.16. The molecule has 0 radical (unpaired) electrons. The van der Waals surface area contributed by atoms with Gasteiger partial charge in [0, 0.05) is 23.9 Å². The molecule has 1 aliphatic rings. The molecule has 10 nitrogen and oxygen atoms in total. The summed E-state index contributed by atoms with van der Waals surface area (Å²) in [6.07, 6.45) is 0.451. The lowest BCUT2D eigenvalue weighted by atomic mass is 10.1. The summed E-state index contributed by atoms with van der Waals surface area (Å²) in [7, 11) is 0. The molecular formula is C20H18N6O4. The van der Waals surface area contributed by atoms with Gasteiger partial charge in [0.1, 0.15) is 5.82 Å². The lowest BCUT2D eigenvalue weighted by Gasteiger charge is -2.09. The van der Waals surface area contributed by atoms with Crippen molar-refractivity contribution < 1.29 is 19.4 Å². The van der Waals surface area contributed by atoms with Gasteiger partial charge in [0.05, 0.1) is 12.1 Å². The highest BCUT2D eigenvalue weighted by atomic mass is 16.7. The number of benzene rings is 2. The van der Waals surface area contributed by atoms with E-state index < -0.39 is 0 Å². The summed E-state index contributed by atoms with van der Waals surface area (Å²) in [5.74, 6) is 1.87. The van der Waals surface area contributed by atoms with E-state index in [-0.39, 0.29) is 31.8 Å². The van der Waals surface area contributed by atoms with Gasteiger partial charge in [-0.1, -0.05) is 6.07 Å². The highest BCUT2D eigenvalue weighted by Crippen LogP contribution is 2.33. The van der Waals surface area contributed by atoms with E-state index >= 15 is 0 Å². The monoisotopic (exact) mass is 406 g/mol. The number of ether oxygens (including phenoxy) is 2. The number of aliphatic hydroxyl groups is 1. The number of hydrogen-bond donors (Lipinski definition) is 3. The minimum Gasteiger partial charge on any atom is -0.454 e. The van der Waals surface area contributed by atoms with Crippen LogP contribution in [0.25, 0.3) is 16.6 Å². The van der Waals surface area contributed by atoms with Crippen molar-refractivity contribution in [1.82, 2.24) is 24.9 Å². The summed E-state index contributed by atoms with van der Waals surface area (Å²) in [5.41, 5.74) is 8.42. The van der Waals surface area contributed by atoms with Gasteiger partial charge in [-0.25, -0.2) is 4.98 Å². The Hall–Kier alpha value is -3.92. The standard InChI is InChI=1S/C20H18N6O4/c21-20-24-18-13-3-2-12(19(28)22-5-6-27)9-14(13)23-17(26(18)25-20)8-11-1-4-15-16(7-11)30-10-29-15/h1-4,7,9,27H,5-6,8,10H2,(H2,21,25)(H,22,28). The van der Waals surface area contributed by atoms with Crippen molar-refractivity contribution in [3.63, 3.8) is 0 Å². The zero-order valence-corrected chi connectivity index (χ0v) is 15.8. The van der Waals surface area contributed by atoms with Gasteiger partial charge in [0.25, 0.3) is 5.91 Å². The van der Waals surface area contributed by atoms with Crippen molar-refractivity contribution in [2.24, 2.45) is 0 Å². The molecule has 2 aromatic heterocycles. The third-order valence-corrected chi connectivity index (χ3v) is 4.81. The number of amides is 1. The average molecular weight is 406 g/mol. The van der Waals surface area contributed by atoms with Crippen molar-refractivity contribution in [2.45, 2.75) is 6.42 Å². The van der Waals surface area contributed by atoms with Crippen molar-refractivity contribution in [1.29, 1.82) is 0 Å². The molecule has 0 saturated carbocycles. The molecule has 0 saturated heterocycles. The average Bonchev–Trinajstić information content (AvgIpc) is 3.37. The van der Waals surface area contributed by atoms with Crippen LogP contribution in [0.3, 0.4) is 0 Å². The number of nitrogen functional groups attached to an aromatic ring is 1. The second-order valence-corrected chi connectivity index (χ2v) is 6.81. The van der Waals surface area contributed by atoms with Crippen LogP contribution in [0.5, 0.6) is 11.5 Å². The molecule has 0 unspecified atom stereocenters. The number of fused-ring (bicyclic) bond motifs is 4. The predicted molar refractivity (Wildman–Crippen MR) is 107 cm³/mol. The summed E-state index contributed by atoms with van der Waals surface area (Å²) in [6, 6.07) is 10.8. The quantitative estimate of drug-likeness (QED) is 0.445.